The van der Waals surface area contributed by atoms with Crippen LogP contribution >= 0.6 is 23.5 Å². The fourth-order valence-electron chi connectivity index (χ4n) is 2.87. The number of nitrogen functional groups attached to an aromatic ring is 1. The summed E-state index contributed by atoms with van der Waals surface area (Å²) in [6.45, 7) is -1.51. The Balaban J connectivity index is 1.89. The quantitative estimate of drug-likeness (QED) is 0.0852. The molecule has 2 aromatic heterocycles. The number of hydrogen-bond donors (Lipinski definition) is 7. The number of rotatable bonds is 9. The van der Waals surface area contributed by atoms with Gasteiger partial charge in [-0.2, -0.15) is 13.6 Å². The van der Waals surface area contributed by atoms with E-state index < -0.39 is 65.8 Å². The molecule has 3 heterocycles. The SMILES string of the molecule is [N-]=[N+]=N[C@]1(COP(=O)(O)OP(=O)(O)OP(=O)(O)O)OC(n2cnc3c(=O)[nH]c(N)nc32)[C@H](F)[C@@H]1O. The monoisotopic (exact) mass is 566 g/mol. The van der Waals surface area contributed by atoms with Gasteiger partial charge in [-0.25, -0.2) is 23.1 Å². The second kappa shape index (κ2) is 9.30. The molecule has 21 nitrogen and oxygen atoms in total. The number of ether oxygens (including phenoxy) is 1. The highest BCUT2D eigenvalue weighted by atomic mass is 31.3. The van der Waals surface area contributed by atoms with Gasteiger partial charge in [0.25, 0.3) is 5.56 Å². The van der Waals surface area contributed by atoms with E-state index in [-0.39, 0.29) is 11.2 Å². The van der Waals surface area contributed by atoms with E-state index in [0.29, 0.717) is 0 Å². The van der Waals surface area contributed by atoms with Crippen molar-refractivity contribution in [1.82, 2.24) is 19.5 Å². The number of aliphatic hydroxyl groups excluding tert-OH is 1. The number of halogens is 1. The summed E-state index contributed by atoms with van der Waals surface area (Å²) < 4.78 is 66.5. The van der Waals surface area contributed by atoms with Crippen LogP contribution < -0.4 is 11.3 Å². The first kappa shape index (κ1) is 27.3. The van der Waals surface area contributed by atoms with Gasteiger partial charge < -0.3 is 35.2 Å². The van der Waals surface area contributed by atoms with Crippen LogP contribution in [-0.4, -0.2) is 68.8 Å². The van der Waals surface area contributed by atoms with Gasteiger partial charge >= 0.3 is 23.5 Å². The summed E-state index contributed by atoms with van der Waals surface area (Å²) in [6, 6.07) is 0. The highest BCUT2D eigenvalue weighted by Crippen LogP contribution is 2.66. The normalized spacial score (nSPS) is 28.3. The van der Waals surface area contributed by atoms with E-state index in [2.05, 4.69) is 38.1 Å². The Bertz CT molecular complexity index is 1390. The van der Waals surface area contributed by atoms with Gasteiger partial charge in [-0.1, -0.05) is 5.11 Å². The number of aromatic nitrogens is 4. The van der Waals surface area contributed by atoms with Crippen molar-refractivity contribution in [2.75, 3.05) is 12.3 Å². The van der Waals surface area contributed by atoms with Crippen molar-refractivity contribution in [1.29, 1.82) is 0 Å². The van der Waals surface area contributed by atoms with Gasteiger partial charge in [-0.15, -0.1) is 0 Å². The third kappa shape index (κ3) is 5.93. The number of H-pyrrole nitrogens is 1. The molecule has 0 aromatic carbocycles. The molecule has 1 fully saturated rings. The Labute approximate surface area is 190 Å². The van der Waals surface area contributed by atoms with E-state index in [9.17, 15) is 33.4 Å². The van der Waals surface area contributed by atoms with Crippen LogP contribution in [0.3, 0.4) is 0 Å². The predicted octanol–water partition coefficient (Wildman–Crippen LogP) is -0.721. The van der Waals surface area contributed by atoms with E-state index >= 15 is 4.39 Å². The molecule has 0 bridgehead atoms. The van der Waals surface area contributed by atoms with Crippen molar-refractivity contribution < 1.29 is 60.6 Å². The summed E-state index contributed by atoms with van der Waals surface area (Å²) in [5, 5.41) is 13.4. The van der Waals surface area contributed by atoms with Crippen LogP contribution in [0.15, 0.2) is 16.2 Å². The lowest BCUT2D eigenvalue weighted by molar-refractivity contribution is -0.120. The molecule has 35 heavy (non-hydrogen) atoms. The number of nitrogens with zero attached hydrogens (tertiary/aromatic N) is 6. The zero-order chi connectivity index (χ0) is 26.4. The third-order valence-electron chi connectivity index (χ3n) is 4.15. The van der Waals surface area contributed by atoms with Gasteiger partial charge in [0.05, 0.1) is 12.9 Å². The molecule has 8 N–H and O–H groups in total. The summed E-state index contributed by atoms with van der Waals surface area (Å²) in [7, 11) is -17.3. The molecule has 0 amide bonds. The number of phosphoric ester groups is 1. The Morgan fingerprint density at radius 3 is 2.57 bits per heavy atom. The number of azide groups is 1. The number of nitrogens with one attached hydrogen (secondary N) is 1. The topological polar surface area (TPSA) is 328 Å². The summed E-state index contributed by atoms with van der Waals surface area (Å²) in [5.74, 6) is -0.396. The van der Waals surface area contributed by atoms with Crippen molar-refractivity contribution in [2.24, 2.45) is 5.11 Å². The molecule has 3 rings (SSSR count). The highest BCUT2D eigenvalue weighted by molar-refractivity contribution is 7.66. The first-order chi connectivity index (χ1) is 16.0. The second-order valence-corrected chi connectivity index (χ2v) is 11.0. The Hall–Kier alpha value is -2.28. The van der Waals surface area contributed by atoms with Crippen LogP contribution in [0.5, 0.6) is 0 Å². The number of fused-ring (bicyclic) bond motifs is 1. The number of nitrogens with two attached hydrogens (primary N) is 1. The molecule has 0 spiro atoms. The van der Waals surface area contributed by atoms with E-state index in [0.717, 1.165) is 10.9 Å². The molecule has 6 atom stereocenters. The van der Waals surface area contributed by atoms with Crippen LogP contribution in [0.1, 0.15) is 6.23 Å². The molecule has 2 aromatic rings. The first-order valence-electron chi connectivity index (χ1n) is 8.56. The number of aliphatic hydroxyl groups is 1. The van der Waals surface area contributed by atoms with E-state index in [1.807, 2.05) is 0 Å². The van der Waals surface area contributed by atoms with Gasteiger partial charge in [0.1, 0.15) is 6.10 Å². The van der Waals surface area contributed by atoms with Crippen LogP contribution in [-0.2, 0) is 31.6 Å². The highest BCUT2D eigenvalue weighted by Gasteiger charge is 2.57. The van der Waals surface area contributed by atoms with Crippen molar-refractivity contribution in [3.63, 3.8) is 0 Å². The van der Waals surface area contributed by atoms with Crippen molar-refractivity contribution >= 4 is 40.6 Å². The average Bonchev–Trinajstić information content (AvgIpc) is 3.19. The van der Waals surface area contributed by atoms with Gasteiger partial charge in [0.2, 0.25) is 11.7 Å². The minimum atomic E-state index is -5.90. The number of hydrogen-bond acceptors (Lipinski definition) is 13. The van der Waals surface area contributed by atoms with Gasteiger partial charge in [0.15, 0.2) is 23.6 Å². The summed E-state index contributed by atoms with van der Waals surface area (Å²) in [4.78, 5) is 59.7. The molecule has 25 heteroatoms. The maximum Gasteiger partial charge on any atom is 0.490 e. The lowest BCUT2D eigenvalue weighted by Crippen LogP contribution is -2.44. The predicted molar refractivity (Wildman–Crippen MR) is 105 cm³/mol. The molecular formula is C10H14FN8O13P3. The molecule has 194 valence electrons. The van der Waals surface area contributed by atoms with Crippen molar-refractivity contribution in [2.45, 2.75) is 24.2 Å². The van der Waals surface area contributed by atoms with Crippen LogP contribution in [0, 0.1) is 0 Å². The lowest BCUT2D eigenvalue weighted by atomic mass is 10.1. The Kier molecular flexibility index (Phi) is 7.26. The van der Waals surface area contributed by atoms with Crippen LogP contribution in [0.2, 0.25) is 0 Å². The molecule has 3 unspecified atom stereocenters. The maximum absolute atomic E-state index is 15.0. The fourth-order valence-corrected chi connectivity index (χ4v) is 5.91. The van der Waals surface area contributed by atoms with Gasteiger partial charge in [-0.3, -0.25) is 18.9 Å². The standard InChI is InChI=1S/C10H14FN8O13P3/c11-3-5(20)10(17-18-13,1-29-34(25,26)32-35(27,28)31-33(22,23)24)30-8(3)19-2-14-4-6(19)15-9(12)16-7(4)21/h2-3,5,8,20H,1H2,(H,25,26)(H,27,28)(H2,22,23,24)(H3,12,15,16,21)/t3-,5+,8?,10-/m1/s1. The molecular weight excluding hydrogens is 552 g/mol. The lowest BCUT2D eigenvalue weighted by Gasteiger charge is -2.27. The number of aromatic amines is 1. The number of imidazole rings is 1. The molecule has 0 saturated carbocycles. The van der Waals surface area contributed by atoms with Gasteiger partial charge in [-0.05, 0) is 5.53 Å². The molecule has 0 aliphatic carbocycles. The number of anilines is 1. The zero-order valence-electron chi connectivity index (χ0n) is 16.5. The first-order valence-corrected chi connectivity index (χ1v) is 13.1. The Morgan fingerprint density at radius 2 is 1.97 bits per heavy atom. The van der Waals surface area contributed by atoms with E-state index in [1.54, 1.807) is 0 Å². The summed E-state index contributed by atoms with van der Waals surface area (Å²) in [6.07, 6.45) is -5.97. The second-order valence-electron chi connectivity index (χ2n) is 6.57. The van der Waals surface area contributed by atoms with Crippen molar-refractivity contribution in [3.8, 4) is 0 Å². The molecule has 1 saturated heterocycles. The summed E-state index contributed by atoms with van der Waals surface area (Å²) in [5.41, 5.74) is 10.0. The number of alkyl halides is 1. The van der Waals surface area contributed by atoms with E-state index in [4.69, 9.17) is 25.8 Å². The smallest absolute Gasteiger partial charge is 0.387 e. The molecule has 1 aliphatic rings. The maximum atomic E-state index is 15.0. The van der Waals surface area contributed by atoms with Gasteiger partial charge in [0, 0.05) is 4.91 Å². The molecule has 1 aliphatic heterocycles. The van der Waals surface area contributed by atoms with Crippen molar-refractivity contribution in [3.05, 3.63) is 27.1 Å². The minimum Gasteiger partial charge on any atom is -0.387 e. The molecule has 0 radical (unpaired) electrons. The van der Waals surface area contributed by atoms with E-state index in [1.165, 1.54) is 0 Å². The summed E-state index contributed by atoms with van der Waals surface area (Å²) >= 11 is 0. The average molecular weight is 566 g/mol. The Morgan fingerprint density at radius 1 is 1.31 bits per heavy atom. The zero-order valence-corrected chi connectivity index (χ0v) is 19.2. The largest absolute Gasteiger partial charge is 0.490 e. The fraction of sp³-hybridized carbons (Fsp3) is 0.500. The van der Waals surface area contributed by atoms with Crippen LogP contribution in [0.25, 0.3) is 21.6 Å². The van der Waals surface area contributed by atoms with Crippen LogP contribution in [0.4, 0.5) is 10.3 Å². The third-order valence-corrected chi connectivity index (χ3v) is 7.93. The number of phosphoric acid groups is 3. The minimum absolute atomic E-state index is 0.320.